The van der Waals surface area contributed by atoms with Crippen molar-refractivity contribution >= 4 is 21.9 Å². The first-order chi connectivity index (χ1) is 7.98. The van der Waals surface area contributed by atoms with E-state index in [9.17, 15) is 13.2 Å². The maximum absolute atomic E-state index is 12.6. The van der Waals surface area contributed by atoms with Gasteiger partial charge < -0.3 is 9.64 Å². The van der Waals surface area contributed by atoms with Gasteiger partial charge >= 0.3 is 6.18 Å². The molecular weight excluding hydrogens is 303 g/mol. The summed E-state index contributed by atoms with van der Waals surface area (Å²) < 4.78 is 42.9. The molecule has 1 aromatic rings. The summed E-state index contributed by atoms with van der Waals surface area (Å²) in [7, 11) is 0. The van der Waals surface area contributed by atoms with E-state index in [1.54, 1.807) is 4.90 Å². The van der Waals surface area contributed by atoms with Gasteiger partial charge in [-0.25, -0.2) is 9.97 Å². The molecule has 1 aliphatic rings. The third kappa shape index (κ3) is 2.86. The van der Waals surface area contributed by atoms with Gasteiger partial charge in [0.2, 0.25) is 5.95 Å². The van der Waals surface area contributed by atoms with Crippen molar-refractivity contribution in [3.63, 3.8) is 0 Å². The fourth-order valence-corrected chi connectivity index (χ4v) is 1.89. The van der Waals surface area contributed by atoms with Crippen LogP contribution in [0.5, 0.6) is 0 Å². The number of halogens is 4. The zero-order chi connectivity index (χ0) is 12.5. The SMILES string of the molecule is FC(F)(F)c1nc(N2CCOCC2)ncc1Br. The molecule has 1 fully saturated rings. The van der Waals surface area contributed by atoms with E-state index in [2.05, 4.69) is 25.9 Å². The third-order valence-corrected chi connectivity index (χ3v) is 2.87. The van der Waals surface area contributed by atoms with E-state index in [0.717, 1.165) is 6.20 Å². The second-order valence-corrected chi connectivity index (χ2v) is 4.32. The molecule has 0 radical (unpaired) electrons. The molecule has 2 rings (SSSR count). The van der Waals surface area contributed by atoms with Crippen LogP contribution in [-0.2, 0) is 10.9 Å². The normalized spacial score (nSPS) is 17.3. The van der Waals surface area contributed by atoms with Crippen LogP contribution in [0.25, 0.3) is 0 Å². The molecule has 2 heterocycles. The van der Waals surface area contributed by atoms with Crippen LogP contribution in [0.2, 0.25) is 0 Å². The van der Waals surface area contributed by atoms with Gasteiger partial charge in [0.15, 0.2) is 5.69 Å². The monoisotopic (exact) mass is 311 g/mol. The molecule has 0 amide bonds. The number of nitrogens with zero attached hydrogens (tertiary/aromatic N) is 3. The maximum Gasteiger partial charge on any atom is 0.434 e. The summed E-state index contributed by atoms with van der Waals surface area (Å²) in [6.07, 6.45) is -3.36. The fourth-order valence-electron chi connectivity index (χ4n) is 1.47. The van der Waals surface area contributed by atoms with Crippen molar-refractivity contribution < 1.29 is 17.9 Å². The quantitative estimate of drug-likeness (QED) is 0.796. The number of hydrogen-bond acceptors (Lipinski definition) is 4. The Hall–Kier alpha value is -0.890. The highest BCUT2D eigenvalue weighted by molar-refractivity contribution is 9.10. The summed E-state index contributed by atoms with van der Waals surface area (Å²) in [6.45, 7) is 1.94. The van der Waals surface area contributed by atoms with Crippen LogP contribution in [0.4, 0.5) is 19.1 Å². The van der Waals surface area contributed by atoms with E-state index in [0.29, 0.717) is 26.3 Å². The van der Waals surface area contributed by atoms with Crippen LogP contribution in [-0.4, -0.2) is 36.3 Å². The predicted molar refractivity (Wildman–Crippen MR) is 57.8 cm³/mol. The maximum atomic E-state index is 12.6. The van der Waals surface area contributed by atoms with Crippen molar-refractivity contribution in [2.24, 2.45) is 0 Å². The summed E-state index contributed by atoms with van der Waals surface area (Å²) in [4.78, 5) is 9.11. The highest BCUT2D eigenvalue weighted by Crippen LogP contribution is 2.33. The summed E-state index contributed by atoms with van der Waals surface area (Å²) >= 11 is 2.80. The van der Waals surface area contributed by atoms with E-state index >= 15 is 0 Å². The first-order valence-electron chi connectivity index (χ1n) is 4.91. The minimum atomic E-state index is -4.48. The van der Waals surface area contributed by atoms with E-state index in [-0.39, 0.29) is 10.4 Å². The summed E-state index contributed by atoms with van der Waals surface area (Å²) in [5.41, 5.74) is -0.950. The van der Waals surface area contributed by atoms with Crippen LogP contribution < -0.4 is 4.90 Å². The van der Waals surface area contributed by atoms with Crippen molar-refractivity contribution in [3.05, 3.63) is 16.4 Å². The summed E-state index contributed by atoms with van der Waals surface area (Å²) in [5.74, 6) is 0.0869. The number of ether oxygens (including phenoxy) is 1. The first-order valence-corrected chi connectivity index (χ1v) is 5.70. The molecule has 8 heteroatoms. The van der Waals surface area contributed by atoms with Crippen molar-refractivity contribution in [2.75, 3.05) is 31.2 Å². The Morgan fingerprint density at radius 3 is 2.53 bits per heavy atom. The van der Waals surface area contributed by atoms with E-state index in [4.69, 9.17) is 4.74 Å². The molecule has 17 heavy (non-hydrogen) atoms. The third-order valence-electron chi connectivity index (χ3n) is 2.29. The Morgan fingerprint density at radius 1 is 1.29 bits per heavy atom. The number of hydrogen-bond donors (Lipinski definition) is 0. The minimum absolute atomic E-state index is 0.0869. The number of anilines is 1. The average molecular weight is 312 g/mol. The molecule has 1 aromatic heterocycles. The Labute approximate surface area is 104 Å². The van der Waals surface area contributed by atoms with Gasteiger partial charge in [-0.3, -0.25) is 0 Å². The molecule has 0 saturated carbocycles. The van der Waals surface area contributed by atoms with Crippen LogP contribution >= 0.6 is 15.9 Å². The van der Waals surface area contributed by atoms with E-state index < -0.39 is 11.9 Å². The van der Waals surface area contributed by atoms with Gasteiger partial charge in [-0.15, -0.1) is 0 Å². The molecule has 0 spiro atoms. The average Bonchev–Trinajstić information content (AvgIpc) is 2.29. The van der Waals surface area contributed by atoms with Crippen molar-refractivity contribution in [1.29, 1.82) is 0 Å². The van der Waals surface area contributed by atoms with Gasteiger partial charge in [0, 0.05) is 19.3 Å². The fraction of sp³-hybridized carbons (Fsp3) is 0.556. The molecule has 94 valence electrons. The molecular formula is C9H9BrF3N3O. The van der Waals surface area contributed by atoms with E-state index in [1.807, 2.05) is 0 Å². The van der Waals surface area contributed by atoms with Gasteiger partial charge in [0.1, 0.15) is 0 Å². The molecule has 0 unspecified atom stereocenters. The lowest BCUT2D eigenvalue weighted by Crippen LogP contribution is -2.37. The van der Waals surface area contributed by atoms with E-state index in [1.165, 1.54) is 0 Å². The lowest BCUT2D eigenvalue weighted by molar-refractivity contribution is -0.141. The number of aromatic nitrogens is 2. The second kappa shape index (κ2) is 4.77. The number of rotatable bonds is 1. The summed E-state index contributed by atoms with van der Waals surface area (Å²) in [5, 5.41) is 0. The highest BCUT2D eigenvalue weighted by atomic mass is 79.9. The van der Waals surface area contributed by atoms with Crippen molar-refractivity contribution in [2.45, 2.75) is 6.18 Å². The van der Waals surface area contributed by atoms with Crippen molar-refractivity contribution in [3.8, 4) is 0 Å². The molecule has 4 nitrogen and oxygen atoms in total. The predicted octanol–water partition coefficient (Wildman–Crippen LogP) is 2.09. The Kier molecular flexibility index (Phi) is 3.53. The number of alkyl halides is 3. The number of morpholine rings is 1. The first kappa shape index (κ1) is 12.6. The van der Waals surface area contributed by atoms with Gasteiger partial charge in [-0.2, -0.15) is 13.2 Å². The van der Waals surface area contributed by atoms with Crippen LogP contribution in [0.15, 0.2) is 10.7 Å². The Morgan fingerprint density at radius 2 is 1.94 bits per heavy atom. The van der Waals surface area contributed by atoms with Gasteiger partial charge in [-0.05, 0) is 15.9 Å². The summed E-state index contributed by atoms with van der Waals surface area (Å²) in [6, 6.07) is 0. The molecule has 0 aliphatic carbocycles. The van der Waals surface area contributed by atoms with Gasteiger partial charge in [0.25, 0.3) is 0 Å². The van der Waals surface area contributed by atoms with Gasteiger partial charge in [0.05, 0.1) is 17.7 Å². The topological polar surface area (TPSA) is 38.2 Å². The Balaban J connectivity index is 2.30. The molecule has 0 N–H and O–H groups in total. The van der Waals surface area contributed by atoms with Crippen LogP contribution in [0.1, 0.15) is 5.69 Å². The molecule has 0 aromatic carbocycles. The van der Waals surface area contributed by atoms with Crippen LogP contribution in [0.3, 0.4) is 0 Å². The lowest BCUT2D eigenvalue weighted by Gasteiger charge is -2.27. The molecule has 1 saturated heterocycles. The zero-order valence-corrected chi connectivity index (χ0v) is 10.3. The minimum Gasteiger partial charge on any atom is -0.378 e. The standard InChI is InChI=1S/C9H9BrF3N3O/c10-6-5-14-8(15-7(6)9(11,12)13)16-1-3-17-4-2-16/h5H,1-4H2. The molecule has 0 bridgehead atoms. The lowest BCUT2D eigenvalue weighted by atomic mass is 10.4. The van der Waals surface area contributed by atoms with Crippen LogP contribution in [0, 0.1) is 0 Å². The smallest absolute Gasteiger partial charge is 0.378 e. The second-order valence-electron chi connectivity index (χ2n) is 3.46. The molecule has 1 aliphatic heterocycles. The highest BCUT2D eigenvalue weighted by Gasteiger charge is 2.36. The van der Waals surface area contributed by atoms with Crippen molar-refractivity contribution in [1.82, 2.24) is 9.97 Å². The zero-order valence-electron chi connectivity index (χ0n) is 8.67. The van der Waals surface area contributed by atoms with Gasteiger partial charge in [-0.1, -0.05) is 0 Å². The largest absolute Gasteiger partial charge is 0.434 e. The Bertz CT molecular complexity index is 407. The molecule has 0 atom stereocenters.